The maximum atomic E-state index is 14.5. The van der Waals surface area contributed by atoms with E-state index in [0.29, 0.717) is 37.6 Å². The van der Waals surface area contributed by atoms with Crippen molar-refractivity contribution in [3.63, 3.8) is 0 Å². The first-order valence-corrected chi connectivity index (χ1v) is 22.3. The number of imidazole rings is 2. The molecule has 3 fully saturated rings. The van der Waals surface area contributed by atoms with E-state index in [2.05, 4.69) is 63.1 Å². The summed E-state index contributed by atoms with van der Waals surface area (Å²) in [7, 11) is 2.57. The van der Waals surface area contributed by atoms with Crippen LogP contribution in [0.4, 0.5) is 9.59 Å². The number of nitrogens with one attached hydrogen (secondary N) is 4. The fourth-order valence-electron chi connectivity index (χ4n) is 10.1. The number of aromatic amines is 2. The van der Waals surface area contributed by atoms with Gasteiger partial charge in [-0.2, -0.15) is 0 Å². The number of methoxy groups -OCH3 is 2. The molecule has 4 aliphatic rings. The molecule has 3 saturated heterocycles. The van der Waals surface area contributed by atoms with Gasteiger partial charge in [0.05, 0.1) is 62.8 Å². The van der Waals surface area contributed by atoms with Gasteiger partial charge in [0.1, 0.15) is 23.7 Å². The molecule has 16 nitrogen and oxygen atoms in total. The number of benzene rings is 4. The molecular formula is C49H52N8O8. The molecule has 6 aromatic rings. The zero-order chi connectivity index (χ0) is 45.0. The van der Waals surface area contributed by atoms with Crippen molar-refractivity contribution in [2.24, 2.45) is 5.92 Å². The third kappa shape index (κ3) is 7.73. The Morgan fingerprint density at radius 3 is 2.31 bits per heavy atom. The Morgan fingerprint density at radius 2 is 1.54 bits per heavy atom. The molecule has 2 unspecified atom stereocenters. The molecule has 4 atom stereocenters. The molecule has 1 spiro atoms. The highest BCUT2D eigenvalue weighted by Gasteiger charge is 2.53. The Labute approximate surface area is 375 Å². The van der Waals surface area contributed by atoms with Gasteiger partial charge in [0.25, 0.3) is 5.91 Å². The van der Waals surface area contributed by atoms with E-state index in [-0.39, 0.29) is 30.3 Å². The summed E-state index contributed by atoms with van der Waals surface area (Å²) in [4.78, 5) is 73.8. The summed E-state index contributed by atoms with van der Waals surface area (Å²) in [5.74, 6) is -0.175. The van der Waals surface area contributed by atoms with Gasteiger partial charge in [-0.25, -0.2) is 19.6 Å². The highest BCUT2D eigenvalue weighted by Crippen LogP contribution is 2.45. The van der Waals surface area contributed by atoms with Crippen LogP contribution in [-0.4, -0.2) is 106 Å². The Balaban J connectivity index is 0.911. The van der Waals surface area contributed by atoms with Gasteiger partial charge in [-0.05, 0) is 71.4 Å². The number of carbonyl (C=O) groups excluding carboxylic acids is 4. The standard InChI is InChI=1S/C49H52N8O8/c1-27(2)39(54-47(60)62-3)45(58)56-20-8-11-37(56)43-50-35-18-14-31-23-29(12-16-33(31)41(35)52-43)30-13-17-34-32(24-30)15-19-36-42(34)53-44(51-36)38-25-49(64-21-22-65-49)26-57(38)46(59)40(55-48(61)63-4)28-9-6-5-7-10-28/h5-7,9-10,12-14,16-18,23-24,27,37-40H,8,11,15,19-22,25-26H2,1-4H3,(H,50,52)(H,51,53)(H,54,60)(H,55,61)/t37?,38?,39-,40+/m0/s1. The second-order valence-electron chi connectivity index (χ2n) is 17.7. The summed E-state index contributed by atoms with van der Waals surface area (Å²) in [5.41, 5.74) is 8.62. The smallest absolute Gasteiger partial charge is 0.407 e. The zero-order valence-electron chi connectivity index (χ0n) is 36.8. The highest BCUT2D eigenvalue weighted by molar-refractivity contribution is 6.05. The first-order valence-electron chi connectivity index (χ1n) is 22.3. The molecule has 336 valence electrons. The number of aromatic nitrogens is 4. The van der Waals surface area contributed by atoms with E-state index < -0.39 is 36.1 Å². The van der Waals surface area contributed by atoms with Crippen LogP contribution in [-0.2, 0) is 41.4 Å². The lowest BCUT2D eigenvalue weighted by atomic mass is 9.89. The molecule has 3 aliphatic heterocycles. The minimum Gasteiger partial charge on any atom is -0.453 e. The number of ether oxygens (including phenoxy) is 4. The van der Waals surface area contributed by atoms with Gasteiger partial charge in [-0.1, -0.05) is 80.6 Å². The van der Waals surface area contributed by atoms with Crippen molar-refractivity contribution in [1.29, 1.82) is 0 Å². The van der Waals surface area contributed by atoms with E-state index in [1.807, 2.05) is 43.0 Å². The quantitative estimate of drug-likeness (QED) is 0.117. The third-order valence-electron chi connectivity index (χ3n) is 13.4. The van der Waals surface area contributed by atoms with Gasteiger partial charge in [0, 0.05) is 29.6 Å². The summed E-state index contributed by atoms with van der Waals surface area (Å²) >= 11 is 0. The van der Waals surface area contributed by atoms with E-state index in [1.165, 1.54) is 19.8 Å². The normalized spacial score (nSPS) is 19.6. The minimum atomic E-state index is -0.994. The van der Waals surface area contributed by atoms with Gasteiger partial charge < -0.3 is 49.3 Å². The fourth-order valence-corrected chi connectivity index (χ4v) is 10.1. The topological polar surface area (TPSA) is 193 Å². The number of H-pyrrole nitrogens is 2. The lowest BCUT2D eigenvalue weighted by Gasteiger charge is -2.29. The molecule has 16 heteroatoms. The van der Waals surface area contributed by atoms with Crippen LogP contribution in [0, 0.1) is 5.92 Å². The van der Waals surface area contributed by atoms with Gasteiger partial charge in [-0.15, -0.1) is 0 Å². The largest absolute Gasteiger partial charge is 0.453 e. The van der Waals surface area contributed by atoms with E-state index in [0.717, 1.165) is 81.4 Å². The molecule has 5 heterocycles. The van der Waals surface area contributed by atoms with Crippen molar-refractivity contribution >= 4 is 45.8 Å². The predicted octanol–water partition coefficient (Wildman–Crippen LogP) is 7.03. The number of alkyl carbamates (subject to hydrolysis) is 2. The average Bonchev–Trinajstić information content (AvgIpc) is 4.19. The number of aryl methyl sites for hydroxylation is 2. The third-order valence-corrected chi connectivity index (χ3v) is 13.4. The maximum absolute atomic E-state index is 14.5. The molecule has 4 amide bonds. The number of hydrogen-bond donors (Lipinski definition) is 4. The highest BCUT2D eigenvalue weighted by atomic mass is 16.7. The van der Waals surface area contributed by atoms with Crippen molar-refractivity contribution in [2.75, 3.05) is 40.5 Å². The summed E-state index contributed by atoms with van der Waals surface area (Å²) in [6.07, 6.45) is 2.21. The van der Waals surface area contributed by atoms with Gasteiger partial charge in [0.2, 0.25) is 5.91 Å². The van der Waals surface area contributed by atoms with Crippen LogP contribution in [0.3, 0.4) is 0 Å². The van der Waals surface area contributed by atoms with E-state index in [9.17, 15) is 19.2 Å². The number of nitrogens with zero attached hydrogens (tertiary/aromatic N) is 4. The van der Waals surface area contributed by atoms with Crippen molar-refractivity contribution in [1.82, 2.24) is 40.4 Å². The SMILES string of the molecule is COC(=O)N[C@H](C(=O)N1CCCC1c1nc2c(ccc3cc(-c4ccc5c(c4)CCc4[nH]c(C6CC7(CN6C(=O)[C@H](NC(=O)OC)c6ccccc6)OCCO7)nc4-5)ccc32)[nH]1)C(C)C. The summed E-state index contributed by atoms with van der Waals surface area (Å²) < 4.78 is 22.0. The van der Waals surface area contributed by atoms with E-state index in [1.54, 1.807) is 17.0 Å². The van der Waals surface area contributed by atoms with Crippen molar-refractivity contribution < 1.29 is 38.1 Å². The Hall–Kier alpha value is -6.78. The van der Waals surface area contributed by atoms with Gasteiger partial charge >= 0.3 is 12.2 Å². The molecule has 0 radical (unpaired) electrons. The van der Waals surface area contributed by atoms with Gasteiger partial charge in [-0.3, -0.25) is 9.59 Å². The summed E-state index contributed by atoms with van der Waals surface area (Å²) in [5, 5.41) is 7.52. The predicted molar refractivity (Wildman–Crippen MR) is 240 cm³/mol. The molecule has 0 saturated carbocycles. The van der Waals surface area contributed by atoms with Crippen LogP contribution in [0.5, 0.6) is 0 Å². The monoisotopic (exact) mass is 880 g/mol. The first kappa shape index (κ1) is 42.2. The molecular weight excluding hydrogens is 829 g/mol. The second-order valence-corrected chi connectivity index (χ2v) is 17.7. The molecule has 0 bridgehead atoms. The minimum absolute atomic E-state index is 0.121. The van der Waals surface area contributed by atoms with E-state index >= 15 is 0 Å². The van der Waals surface area contributed by atoms with Crippen LogP contribution >= 0.6 is 0 Å². The maximum Gasteiger partial charge on any atom is 0.407 e. The lowest BCUT2D eigenvalue weighted by molar-refractivity contribution is -0.153. The van der Waals surface area contributed by atoms with Crippen LogP contribution < -0.4 is 10.6 Å². The first-order chi connectivity index (χ1) is 31.5. The number of hydrogen-bond acceptors (Lipinski definition) is 10. The zero-order valence-corrected chi connectivity index (χ0v) is 36.8. The number of fused-ring (bicyclic) bond motifs is 6. The van der Waals surface area contributed by atoms with Crippen LogP contribution in [0.2, 0.25) is 0 Å². The number of likely N-dealkylation sites (tertiary alicyclic amines) is 2. The molecule has 4 N–H and O–H groups in total. The van der Waals surface area contributed by atoms with E-state index in [4.69, 9.17) is 28.9 Å². The summed E-state index contributed by atoms with van der Waals surface area (Å²) in [6, 6.07) is 23.8. The Bertz CT molecular complexity index is 2810. The van der Waals surface area contributed by atoms with Crippen molar-refractivity contribution in [3.8, 4) is 22.4 Å². The number of carbonyl (C=O) groups is 4. The number of amides is 4. The van der Waals surface area contributed by atoms with Crippen LogP contribution in [0.15, 0.2) is 78.9 Å². The molecule has 10 rings (SSSR count). The molecule has 65 heavy (non-hydrogen) atoms. The van der Waals surface area contributed by atoms with Crippen LogP contribution in [0.1, 0.15) is 79.7 Å². The number of rotatable bonds is 9. The molecule has 4 aromatic carbocycles. The average molecular weight is 881 g/mol. The fraction of sp³-hybridized carbons (Fsp3) is 0.388. The lowest BCUT2D eigenvalue weighted by Crippen LogP contribution is -2.51. The van der Waals surface area contributed by atoms with Crippen LogP contribution in [0.25, 0.3) is 44.2 Å². The Morgan fingerprint density at radius 1 is 0.800 bits per heavy atom. The molecule has 1 aliphatic carbocycles. The summed E-state index contributed by atoms with van der Waals surface area (Å²) in [6.45, 7) is 5.43. The second kappa shape index (κ2) is 17.0. The van der Waals surface area contributed by atoms with Crippen molar-refractivity contribution in [2.45, 2.75) is 75.9 Å². The molecule has 2 aromatic heterocycles. The van der Waals surface area contributed by atoms with Crippen molar-refractivity contribution in [3.05, 3.63) is 107 Å². The Kier molecular flexibility index (Phi) is 11.0. The van der Waals surface area contributed by atoms with Gasteiger partial charge in [0.15, 0.2) is 5.79 Å².